The van der Waals surface area contributed by atoms with Crippen molar-refractivity contribution in [3.8, 4) is 0 Å². The lowest BCUT2D eigenvalue weighted by atomic mass is 10.1. The largest absolute Gasteiger partial charge is 0.277 e. The number of H-pyrrole nitrogens is 1. The van der Waals surface area contributed by atoms with Crippen molar-refractivity contribution in [2.45, 2.75) is 13.3 Å². The molecule has 1 N–H and O–H groups in total. The summed E-state index contributed by atoms with van der Waals surface area (Å²) in [4.78, 5) is 0. The van der Waals surface area contributed by atoms with Gasteiger partial charge in [0.25, 0.3) is 6.43 Å². The third-order valence-corrected chi connectivity index (χ3v) is 3.03. The molecule has 74 valence electrons. The SMILES string of the molecule is Cc1c(Br)cc(C(F)F)c2[nH]ncc12. The molecule has 0 bridgehead atoms. The third kappa shape index (κ3) is 1.32. The lowest BCUT2D eigenvalue weighted by Crippen LogP contribution is -1.89. The lowest BCUT2D eigenvalue weighted by Gasteiger charge is -2.05. The normalized spacial score (nSPS) is 11.5. The molecule has 2 nitrogen and oxygen atoms in total. The van der Waals surface area contributed by atoms with Crippen LogP contribution in [0, 0.1) is 6.92 Å². The minimum Gasteiger partial charge on any atom is -0.277 e. The molecule has 0 saturated heterocycles. The minimum absolute atomic E-state index is 0.0185. The van der Waals surface area contributed by atoms with Crippen molar-refractivity contribution in [3.63, 3.8) is 0 Å². The predicted octanol–water partition coefficient (Wildman–Crippen LogP) is 3.57. The number of benzene rings is 1. The van der Waals surface area contributed by atoms with Crippen molar-refractivity contribution in [2.24, 2.45) is 0 Å². The van der Waals surface area contributed by atoms with Gasteiger partial charge in [-0.2, -0.15) is 5.10 Å². The Hall–Kier alpha value is -0.970. The molecular weight excluding hydrogens is 254 g/mol. The van der Waals surface area contributed by atoms with E-state index < -0.39 is 6.43 Å². The maximum Gasteiger partial charge on any atom is 0.265 e. The van der Waals surface area contributed by atoms with E-state index in [0.717, 1.165) is 10.9 Å². The van der Waals surface area contributed by atoms with Crippen LogP contribution in [0.5, 0.6) is 0 Å². The predicted molar refractivity (Wildman–Crippen MR) is 53.5 cm³/mol. The average molecular weight is 261 g/mol. The Morgan fingerprint density at radius 3 is 2.86 bits per heavy atom. The van der Waals surface area contributed by atoms with Crippen LogP contribution in [0.1, 0.15) is 17.6 Å². The van der Waals surface area contributed by atoms with E-state index in [1.165, 1.54) is 6.07 Å². The van der Waals surface area contributed by atoms with Crippen LogP contribution < -0.4 is 0 Å². The summed E-state index contributed by atoms with van der Waals surface area (Å²) in [7, 11) is 0. The molecule has 0 saturated carbocycles. The van der Waals surface area contributed by atoms with E-state index in [9.17, 15) is 8.78 Å². The molecule has 1 aromatic carbocycles. The van der Waals surface area contributed by atoms with Crippen LogP contribution in [-0.4, -0.2) is 10.2 Å². The highest BCUT2D eigenvalue weighted by atomic mass is 79.9. The number of alkyl halides is 2. The van der Waals surface area contributed by atoms with E-state index in [2.05, 4.69) is 26.1 Å². The Morgan fingerprint density at radius 1 is 1.50 bits per heavy atom. The van der Waals surface area contributed by atoms with Crippen molar-refractivity contribution in [1.29, 1.82) is 0 Å². The summed E-state index contributed by atoms with van der Waals surface area (Å²) >= 11 is 3.25. The maximum absolute atomic E-state index is 12.6. The van der Waals surface area contributed by atoms with Gasteiger partial charge in [-0.3, -0.25) is 5.10 Å². The Bertz CT molecular complexity index is 479. The molecule has 0 spiro atoms. The number of aromatic amines is 1. The molecule has 14 heavy (non-hydrogen) atoms. The molecule has 2 rings (SSSR count). The summed E-state index contributed by atoms with van der Waals surface area (Å²) in [6, 6.07) is 1.43. The number of aryl methyl sites for hydroxylation is 1. The first kappa shape index (κ1) is 9.58. The van der Waals surface area contributed by atoms with Gasteiger partial charge < -0.3 is 0 Å². The van der Waals surface area contributed by atoms with Gasteiger partial charge >= 0.3 is 0 Å². The van der Waals surface area contributed by atoms with E-state index in [4.69, 9.17) is 0 Å². The zero-order valence-corrected chi connectivity index (χ0v) is 8.90. The Morgan fingerprint density at radius 2 is 2.21 bits per heavy atom. The molecule has 0 aliphatic rings. The zero-order valence-electron chi connectivity index (χ0n) is 7.31. The highest BCUT2D eigenvalue weighted by Gasteiger charge is 2.16. The molecule has 0 radical (unpaired) electrons. The Kier molecular flexibility index (Phi) is 2.26. The van der Waals surface area contributed by atoms with Gasteiger partial charge in [0.15, 0.2) is 0 Å². The van der Waals surface area contributed by atoms with Gasteiger partial charge in [-0.1, -0.05) is 15.9 Å². The highest BCUT2D eigenvalue weighted by Crippen LogP contribution is 2.32. The fraction of sp³-hybridized carbons (Fsp3) is 0.222. The van der Waals surface area contributed by atoms with Crippen LogP contribution in [0.4, 0.5) is 8.78 Å². The summed E-state index contributed by atoms with van der Waals surface area (Å²) in [5, 5.41) is 7.09. The monoisotopic (exact) mass is 260 g/mol. The van der Waals surface area contributed by atoms with Gasteiger partial charge in [0, 0.05) is 15.4 Å². The van der Waals surface area contributed by atoms with Crippen LogP contribution in [0.2, 0.25) is 0 Å². The van der Waals surface area contributed by atoms with Crippen LogP contribution in [0.3, 0.4) is 0 Å². The number of hydrogen-bond donors (Lipinski definition) is 1. The molecule has 0 fully saturated rings. The summed E-state index contributed by atoms with van der Waals surface area (Å²) in [5.74, 6) is 0. The molecule has 0 unspecified atom stereocenters. The molecule has 0 aliphatic carbocycles. The lowest BCUT2D eigenvalue weighted by molar-refractivity contribution is 0.153. The number of nitrogens with one attached hydrogen (secondary N) is 1. The van der Waals surface area contributed by atoms with Gasteiger partial charge in [-0.15, -0.1) is 0 Å². The second-order valence-corrected chi connectivity index (χ2v) is 3.89. The number of halogens is 3. The van der Waals surface area contributed by atoms with Gasteiger partial charge in [-0.05, 0) is 18.6 Å². The first-order chi connectivity index (χ1) is 6.61. The van der Waals surface area contributed by atoms with Gasteiger partial charge in [-0.25, -0.2) is 8.78 Å². The van der Waals surface area contributed by atoms with Gasteiger partial charge in [0.05, 0.1) is 11.7 Å². The number of fused-ring (bicyclic) bond motifs is 1. The van der Waals surface area contributed by atoms with E-state index in [1.54, 1.807) is 6.20 Å². The van der Waals surface area contributed by atoms with Crippen molar-refractivity contribution >= 4 is 26.8 Å². The summed E-state index contributed by atoms with van der Waals surface area (Å²) in [5.41, 5.74) is 1.31. The smallest absolute Gasteiger partial charge is 0.265 e. The van der Waals surface area contributed by atoms with E-state index >= 15 is 0 Å². The molecule has 0 aliphatic heterocycles. The molecule has 0 atom stereocenters. The average Bonchev–Trinajstić information content (AvgIpc) is 2.59. The molecule has 2 aromatic rings. The fourth-order valence-electron chi connectivity index (χ4n) is 1.41. The van der Waals surface area contributed by atoms with Crippen molar-refractivity contribution in [2.75, 3.05) is 0 Å². The Labute approximate surface area is 87.4 Å². The quantitative estimate of drug-likeness (QED) is 0.835. The molecular formula is C9H7BrF2N2. The molecule has 1 aromatic heterocycles. The van der Waals surface area contributed by atoms with Crippen molar-refractivity contribution in [1.82, 2.24) is 10.2 Å². The first-order valence-corrected chi connectivity index (χ1v) is 4.80. The van der Waals surface area contributed by atoms with Crippen LogP contribution >= 0.6 is 15.9 Å². The number of nitrogens with zero attached hydrogens (tertiary/aromatic N) is 1. The first-order valence-electron chi connectivity index (χ1n) is 4.01. The number of hydrogen-bond acceptors (Lipinski definition) is 1. The summed E-state index contributed by atoms with van der Waals surface area (Å²) in [6.07, 6.45) is -0.934. The molecule has 0 amide bonds. The van der Waals surface area contributed by atoms with Crippen molar-refractivity contribution in [3.05, 3.63) is 27.9 Å². The summed E-state index contributed by atoms with van der Waals surface area (Å²) in [6.45, 7) is 1.86. The maximum atomic E-state index is 12.6. The van der Waals surface area contributed by atoms with Crippen LogP contribution in [0.15, 0.2) is 16.7 Å². The van der Waals surface area contributed by atoms with Gasteiger partial charge in [0.2, 0.25) is 0 Å². The fourth-order valence-corrected chi connectivity index (χ4v) is 1.87. The van der Waals surface area contributed by atoms with Crippen molar-refractivity contribution < 1.29 is 8.78 Å². The van der Waals surface area contributed by atoms with Crippen LogP contribution in [-0.2, 0) is 0 Å². The van der Waals surface area contributed by atoms with Crippen LogP contribution in [0.25, 0.3) is 10.9 Å². The minimum atomic E-state index is -2.49. The topological polar surface area (TPSA) is 28.7 Å². The molecule has 5 heteroatoms. The Balaban J connectivity index is 2.84. The standard InChI is InChI=1S/C9H7BrF2N2/c1-4-6-3-13-14-8(6)5(9(11)12)2-7(4)10/h2-3,9H,1H3,(H,13,14). The number of rotatable bonds is 1. The zero-order chi connectivity index (χ0) is 10.3. The second kappa shape index (κ2) is 3.31. The highest BCUT2D eigenvalue weighted by molar-refractivity contribution is 9.10. The van der Waals surface area contributed by atoms with E-state index in [-0.39, 0.29) is 5.56 Å². The number of aromatic nitrogens is 2. The van der Waals surface area contributed by atoms with E-state index in [0.29, 0.717) is 9.99 Å². The second-order valence-electron chi connectivity index (χ2n) is 3.03. The third-order valence-electron chi connectivity index (χ3n) is 2.21. The molecule has 1 heterocycles. The van der Waals surface area contributed by atoms with E-state index in [1.807, 2.05) is 6.92 Å². The summed E-state index contributed by atoms with van der Waals surface area (Å²) < 4.78 is 25.9. The van der Waals surface area contributed by atoms with Gasteiger partial charge in [0.1, 0.15) is 0 Å².